The van der Waals surface area contributed by atoms with Crippen LogP contribution in [0.25, 0.3) is 0 Å². The Labute approximate surface area is 117 Å². The number of hydrogen-bond donors (Lipinski definition) is 0. The number of ether oxygens (including phenoxy) is 2. The second-order valence-electron chi connectivity index (χ2n) is 4.47. The van der Waals surface area contributed by atoms with Gasteiger partial charge in [-0.3, -0.25) is 0 Å². The van der Waals surface area contributed by atoms with Crippen LogP contribution in [-0.4, -0.2) is 13.2 Å². The second kappa shape index (κ2) is 8.48. The van der Waals surface area contributed by atoms with Gasteiger partial charge in [0, 0.05) is 6.42 Å². The van der Waals surface area contributed by atoms with Gasteiger partial charge in [0.2, 0.25) is 0 Å². The van der Waals surface area contributed by atoms with Gasteiger partial charge in [-0.25, -0.2) is 0 Å². The van der Waals surface area contributed by atoms with E-state index < -0.39 is 0 Å². The zero-order chi connectivity index (χ0) is 14.1. The van der Waals surface area contributed by atoms with Crippen LogP contribution < -0.4 is 9.47 Å². The zero-order valence-corrected chi connectivity index (χ0v) is 12.2. The molecule has 1 aromatic rings. The molecule has 0 N–H and O–H groups in total. The molecule has 0 radical (unpaired) electrons. The van der Waals surface area contributed by atoms with Crippen LogP contribution in [0.15, 0.2) is 18.2 Å². The van der Waals surface area contributed by atoms with E-state index in [1.165, 1.54) is 5.56 Å². The fourth-order valence-corrected chi connectivity index (χ4v) is 2.20. The Kier molecular flexibility index (Phi) is 6.89. The summed E-state index contributed by atoms with van der Waals surface area (Å²) in [6.07, 6.45) is 8.47. The molecule has 1 unspecified atom stereocenters. The first kappa shape index (κ1) is 15.4. The van der Waals surface area contributed by atoms with E-state index in [0.717, 1.165) is 30.8 Å². The molecule has 2 nitrogen and oxygen atoms in total. The van der Waals surface area contributed by atoms with Crippen molar-refractivity contribution in [3.05, 3.63) is 23.8 Å². The average Bonchev–Trinajstić information content (AvgIpc) is 2.41. The van der Waals surface area contributed by atoms with Crippen molar-refractivity contribution < 1.29 is 9.47 Å². The minimum Gasteiger partial charge on any atom is -0.490 e. The molecule has 0 spiro atoms. The van der Waals surface area contributed by atoms with Crippen LogP contribution in [0.5, 0.6) is 11.5 Å². The summed E-state index contributed by atoms with van der Waals surface area (Å²) < 4.78 is 11.2. The molecule has 1 atom stereocenters. The monoisotopic (exact) mass is 260 g/mol. The quantitative estimate of drug-likeness (QED) is 0.645. The molecular formula is C17H24O2. The van der Waals surface area contributed by atoms with Gasteiger partial charge in [-0.1, -0.05) is 19.4 Å². The first-order valence-corrected chi connectivity index (χ1v) is 7.09. The van der Waals surface area contributed by atoms with E-state index in [1.807, 2.05) is 19.9 Å². The fraction of sp³-hybridized carbons (Fsp3) is 0.529. The Morgan fingerprint density at radius 3 is 2.37 bits per heavy atom. The van der Waals surface area contributed by atoms with Crippen LogP contribution in [0.4, 0.5) is 0 Å². The third-order valence-corrected chi connectivity index (χ3v) is 3.04. The van der Waals surface area contributed by atoms with E-state index in [2.05, 4.69) is 25.0 Å². The lowest BCUT2D eigenvalue weighted by Gasteiger charge is -2.17. The Hall–Kier alpha value is -1.62. The van der Waals surface area contributed by atoms with Crippen LogP contribution in [-0.2, 0) is 0 Å². The van der Waals surface area contributed by atoms with Crippen LogP contribution >= 0.6 is 0 Å². The Morgan fingerprint density at radius 1 is 1.11 bits per heavy atom. The van der Waals surface area contributed by atoms with Crippen molar-refractivity contribution in [1.82, 2.24) is 0 Å². The van der Waals surface area contributed by atoms with Crippen molar-refractivity contribution in [2.75, 3.05) is 13.2 Å². The van der Waals surface area contributed by atoms with E-state index in [-0.39, 0.29) is 0 Å². The maximum absolute atomic E-state index is 5.66. The normalized spacial score (nSPS) is 11.7. The molecule has 2 heteroatoms. The molecule has 0 heterocycles. The Balaban J connectivity index is 3.00. The highest BCUT2D eigenvalue weighted by Gasteiger charge is 2.13. The maximum atomic E-state index is 5.66. The van der Waals surface area contributed by atoms with Crippen molar-refractivity contribution in [1.29, 1.82) is 0 Å². The van der Waals surface area contributed by atoms with Gasteiger partial charge in [-0.2, -0.15) is 0 Å². The summed E-state index contributed by atoms with van der Waals surface area (Å²) in [5, 5.41) is 0. The molecule has 0 saturated heterocycles. The van der Waals surface area contributed by atoms with Gasteiger partial charge in [-0.15, -0.1) is 12.3 Å². The number of hydrogen-bond acceptors (Lipinski definition) is 2. The molecule has 104 valence electrons. The molecule has 0 aromatic heterocycles. The van der Waals surface area contributed by atoms with Gasteiger partial charge < -0.3 is 9.47 Å². The molecule has 0 bridgehead atoms. The second-order valence-corrected chi connectivity index (χ2v) is 4.47. The molecule has 0 fully saturated rings. The molecule has 0 aliphatic heterocycles. The summed E-state index contributed by atoms with van der Waals surface area (Å²) in [6.45, 7) is 7.41. The molecule has 19 heavy (non-hydrogen) atoms. The predicted molar refractivity (Wildman–Crippen MR) is 79.9 cm³/mol. The van der Waals surface area contributed by atoms with E-state index in [9.17, 15) is 0 Å². The van der Waals surface area contributed by atoms with Crippen molar-refractivity contribution in [2.45, 2.75) is 46.0 Å². The van der Waals surface area contributed by atoms with E-state index in [0.29, 0.717) is 19.1 Å². The molecule has 0 aliphatic rings. The number of benzene rings is 1. The fourth-order valence-electron chi connectivity index (χ4n) is 2.20. The highest BCUT2D eigenvalue weighted by molar-refractivity contribution is 5.44. The minimum atomic E-state index is 0.407. The van der Waals surface area contributed by atoms with Gasteiger partial charge in [0.25, 0.3) is 0 Å². The minimum absolute atomic E-state index is 0.407. The highest BCUT2D eigenvalue weighted by Crippen LogP contribution is 2.33. The molecule has 0 amide bonds. The van der Waals surface area contributed by atoms with Gasteiger partial charge in [0.05, 0.1) is 13.2 Å². The van der Waals surface area contributed by atoms with Crippen molar-refractivity contribution in [3.8, 4) is 23.8 Å². The number of rotatable bonds is 8. The summed E-state index contributed by atoms with van der Waals surface area (Å²) in [6, 6.07) is 6.17. The van der Waals surface area contributed by atoms with Crippen LogP contribution in [0.2, 0.25) is 0 Å². The van der Waals surface area contributed by atoms with Crippen LogP contribution in [0, 0.1) is 12.3 Å². The maximum Gasteiger partial charge on any atom is 0.161 e. The molecule has 0 saturated carbocycles. The zero-order valence-electron chi connectivity index (χ0n) is 12.2. The number of terminal acetylenes is 1. The SMILES string of the molecule is C#CCC(CCC)c1ccc(OCC)c(OCC)c1. The summed E-state index contributed by atoms with van der Waals surface area (Å²) in [5.74, 6) is 4.81. The van der Waals surface area contributed by atoms with Gasteiger partial charge in [-0.05, 0) is 43.9 Å². The predicted octanol–water partition coefficient (Wildman–Crippen LogP) is 4.39. The summed E-state index contributed by atoms with van der Waals surface area (Å²) in [5.41, 5.74) is 1.24. The van der Waals surface area contributed by atoms with Crippen molar-refractivity contribution in [3.63, 3.8) is 0 Å². The van der Waals surface area contributed by atoms with Crippen molar-refractivity contribution in [2.24, 2.45) is 0 Å². The van der Waals surface area contributed by atoms with E-state index in [4.69, 9.17) is 15.9 Å². The first-order valence-electron chi connectivity index (χ1n) is 7.09. The standard InChI is InChI=1S/C17H24O2/c1-5-9-14(10-6-2)15-11-12-16(18-7-3)17(13-15)19-8-4/h1,11-14H,6-10H2,2-4H3. The third-order valence-electron chi connectivity index (χ3n) is 3.04. The van der Waals surface area contributed by atoms with Crippen LogP contribution in [0.3, 0.4) is 0 Å². The first-order chi connectivity index (χ1) is 9.26. The lowest BCUT2D eigenvalue weighted by Crippen LogP contribution is -2.02. The summed E-state index contributed by atoms with van der Waals surface area (Å²) in [4.78, 5) is 0. The third kappa shape index (κ3) is 4.52. The van der Waals surface area contributed by atoms with Gasteiger partial charge in [0.1, 0.15) is 0 Å². The Morgan fingerprint density at radius 2 is 1.79 bits per heavy atom. The smallest absolute Gasteiger partial charge is 0.161 e. The Bertz CT molecular complexity index is 418. The summed E-state index contributed by atoms with van der Waals surface area (Å²) in [7, 11) is 0. The summed E-state index contributed by atoms with van der Waals surface area (Å²) >= 11 is 0. The van der Waals surface area contributed by atoms with Crippen molar-refractivity contribution >= 4 is 0 Å². The lowest BCUT2D eigenvalue weighted by atomic mass is 9.91. The van der Waals surface area contributed by atoms with E-state index >= 15 is 0 Å². The highest BCUT2D eigenvalue weighted by atomic mass is 16.5. The molecule has 1 aromatic carbocycles. The average molecular weight is 260 g/mol. The topological polar surface area (TPSA) is 18.5 Å². The molecular weight excluding hydrogens is 236 g/mol. The van der Waals surface area contributed by atoms with Gasteiger partial charge in [0.15, 0.2) is 11.5 Å². The van der Waals surface area contributed by atoms with E-state index in [1.54, 1.807) is 0 Å². The lowest BCUT2D eigenvalue weighted by molar-refractivity contribution is 0.287. The van der Waals surface area contributed by atoms with Crippen LogP contribution in [0.1, 0.15) is 51.5 Å². The largest absolute Gasteiger partial charge is 0.490 e. The molecule has 0 aliphatic carbocycles. The van der Waals surface area contributed by atoms with Gasteiger partial charge >= 0.3 is 0 Å². The molecule has 1 rings (SSSR count).